The van der Waals surface area contributed by atoms with E-state index in [4.69, 9.17) is 24.0 Å². The molecule has 3 N–H and O–H groups in total. The summed E-state index contributed by atoms with van der Waals surface area (Å²) in [6, 6.07) is 38.6. The first kappa shape index (κ1) is 36.7. The summed E-state index contributed by atoms with van der Waals surface area (Å²) in [7, 11) is 0. The van der Waals surface area contributed by atoms with Crippen LogP contribution in [0.3, 0.4) is 0 Å². The Balaban J connectivity index is 1.01. The van der Waals surface area contributed by atoms with E-state index in [1.807, 2.05) is 48.5 Å². The molecule has 0 amide bonds. The SMILES string of the molecule is CC(C)(c1ccc(Oc2ccc(OOCc3ccccc3C(=O)O)cc2)cc1)c1ccc(Oc2ccc(OC(=O)c3cc(O)ccc3C(=O)O)cc2)cc1. The molecule has 0 aliphatic rings. The lowest BCUT2D eigenvalue weighted by Crippen LogP contribution is -2.18. The average molecular weight is 727 g/mol. The van der Waals surface area contributed by atoms with Crippen LogP contribution < -0.4 is 19.1 Å². The lowest BCUT2D eigenvalue weighted by molar-refractivity contribution is -0.217. The number of carbonyl (C=O) groups excluding carboxylic acids is 1. The summed E-state index contributed by atoms with van der Waals surface area (Å²) in [5, 5.41) is 28.4. The van der Waals surface area contributed by atoms with Crippen LogP contribution in [-0.2, 0) is 16.9 Å². The lowest BCUT2D eigenvalue weighted by Gasteiger charge is -2.26. The van der Waals surface area contributed by atoms with Crippen LogP contribution in [0.2, 0.25) is 0 Å². The Bertz CT molecular complexity index is 2260. The summed E-state index contributed by atoms with van der Waals surface area (Å²) in [6.07, 6.45) is 0. The van der Waals surface area contributed by atoms with Gasteiger partial charge in [0.1, 0.15) is 41.1 Å². The van der Waals surface area contributed by atoms with Crippen molar-refractivity contribution in [2.24, 2.45) is 0 Å². The number of carboxylic acid groups (broad SMARTS) is 2. The van der Waals surface area contributed by atoms with Crippen LogP contribution in [0.4, 0.5) is 0 Å². The quantitative estimate of drug-likeness (QED) is 0.0425. The third-order valence-electron chi connectivity index (χ3n) is 8.55. The van der Waals surface area contributed by atoms with Crippen molar-refractivity contribution in [3.63, 3.8) is 0 Å². The maximum absolute atomic E-state index is 12.6. The van der Waals surface area contributed by atoms with Crippen molar-refractivity contribution >= 4 is 17.9 Å². The number of phenols is 1. The fourth-order valence-corrected chi connectivity index (χ4v) is 5.52. The van der Waals surface area contributed by atoms with Gasteiger partial charge >= 0.3 is 17.9 Å². The van der Waals surface area contributed by atoms with Gasteiger partial charge in [0.2, 0.25) is 0 Å². The number of ether oxygens (including phenoxy) is 3. The number of aromatic carboxylic acids is 2. The number of esters is 1. The predicted molar refractivity (Wildman–Crippen MR) is 197 cm³/mol. The van der Waals surface area contributed by atoms with Crippen LogP contribution in [0.25, 0.3) is 0 Å². The van der Waals surface area contributed by atoms with Gasteiger partial charge in [0.25, 0.3) is 0 Å². The lowest BCUT2D eigenvalue weighted by atomic mass is 9.78. The zero-order chi connectivity index (χ0) is 38.2. The van der Waals surface area contributed by atoms with Crippen LogP contribution in [-0.4, -0.2) is 33.2 Å². The zero-order valence-corrected chi connectivity index (χ0v) is 29.1. The van der Waals surface area contributed by atoms with Crippen LogP contribution >= 0.6 is 0 Å². The second kappa shape index (κ2) is 16.1. The minimum atomic E-state index is -1.32. The number of hydrogen-bond acceptors (Lipinski definition) is 9. The van der Waals surface area contributed by atoms with E-state index in [1.165, 1.54) is 24.3 Å². The molecule has 0 aliphatic carbocycles. The van der Waals surface area contributed by atoms with Crippen molar-refractivity contribution in [1.29, 1.82) is 0 Å². The second-order valence-corrected chi connectivity index (χ2v) is 12.6. The number of hydrogen-bond donors (Lipinski definition) is 3. The van der Waals surface area contributed by atoms with Crippen LogP contribution in [0.1, 0.15) is 61.6 Å². The van der Waals surface area contributed by atoms with E-state index in [-0.39, 0.29) is 40.2 Å². The molecule has 0 saturated carbocycles. The van der Waals surface area contributed by atoms with Crippen LogP contribution in [0.5, 0.6) is 40.2 Å². The zero-order valence-electron chi connectivity index (χ0n) is 29.1. The molecule has 6 rings (SSSR count). The number of rotatable bonds is 14. The van der Waals surface area contributed by atoms with Gasteiger partial charge in [0.15, 0.2) is 5.75 Å². The monoisotopic (exact) mass is 726 g/mol. The van der Waals surface area contributed by atoms with Crippen molar-refractivity contribution in [2.45, 2.75) is 25.9 Å². The van der Waals surface area contributed by atoms with Crippen LogP contribution in [0, 0.1) is 0 Å². The minimum Gasteiger partial charge on any atom is -0.508 e. The summed E-state index contributed by atoms with van der Waals surface area (Å²) in [4.78, 5) is 46.1. The van der Waals surface area contributed by atoms with Gasteiger partial charge < -0.3 is 34.4 Å². The van der Waals surface area contributed by atoms with Gasteiger partial charge in [-0.3, -0.25) is 0 Å². The molecule has 0 unspecified atom stereocenters. The Labute approximate surface area is 310 Å². The van der Waals surface area contributed by atoms with E-state index in [1.54, 1.807) is 54.6 Å². The number of carbonyl (C=O) groups is 3. The van der Waals surface area contributed by atoms with Gasteiger partial charge in [-0.05, 0) is 114 Å². The Morgan fingerprint density at radius 3 is 1.52 bits per heavy atom. The highest BCUT2D eigenvalue weighted by Crippen LogP contribution is 2.35. The van der Waals surface area contributed by atoms with Crippen molar-refractivity contribution in [3.05, 3.63) is 173 Å². The smallest absolute Gasteiger partial charge is 0.344 e. The van der Waals surface area contributed by atoms with E-state index in [0.29, 0.717) is 34.3 Å². The molecule has 54 heavy (non-hydrogen) atoms. The van der Waals surface area contributed by atoms with E-state index < -0.39 is 17.9 Å². The summed E-state index contributed by atoms with van der Waals surface area (Å²) in [6.45, 7) is 4.22. The predicted octanol–water partition coefficient (Wildman–Crippen LogP) is 9.43. The number of carboxylic acids is 2. The first-order valence-corrected chi connectivity index (χ1v) is 16.6. The molecule has 11 nitrogen and oxygen atoms in total. The molecule has 0 spiro atoms. The Hall–Kier alpha value is -7.11. The third kappa shape index (κ3) is 8.84. The fourth-order valence-electron chi connectivity index (χ4n) is 5.52. The molecule has 0 radical (unpaired) electrons. The molecule has 272 valence electrons. The minimum absolute atomic E-state index is 0.0248. The highest BCUT2D eigenvalue weighted by molar-refractivity contribution is 6.03. The topological polar surface area (TPSA) is 158 Å². The Morgan fingerprint density at radius 1 is 0.537 bits per heavy atom. The molecule has 6 aromatic rings. The fraction of sp³-hybridized carbons (Fsp3) is 0.0930. The van der Waals surface area contributed by atoms with Gasteiger partial charge in [0.05, 0.1) is 16.7 Å². The summed E-state index contributed by atoms with van der Waals surface area (Å²) >= 11 is 0. The normalized spacial score (nSPS) is 11.0. The molecule has 0 fully saturated rings. The van der Waals surface area contributed by atoms with Crippen molar-refractivity contribution in [3.8, 4) is 40.2 Å². The highest BCUT2D eigenvalue weighted by Gasteiger charge is 2.24. The van der Waals surface area contributed by atoms with Gasteiger partial charge in [-0.1, -0.05) is 56.3 Å². The number of phenolic OH excluding ortho intramolecular Hbond substituents is 1. The van der Waals surface area contributed by atoms with E-state index in [2.05, 4.69) is 13.8 Å². The number of benzene rings is 6. The summed E-state index contributed by atoms with van der Waals surface area (Å²) in [5.41, 5.74) is 1.89. The maximum Gasteiger partial charge on any atom is 0.344 e. The molecule has 0 aliphatic heterocycles. The van der Waals surface area contributed by atoms with E-state index in [0.717, 1.165) is 23.3 Å². The summed E-state index contributed by atoms with van der Waals surface area (Å²) < 4.78 is 17.3. The molecule has 0 saturated heterocycles. The molecule has 0 aromatic heterocycles. The Kier molecular flexibility index (Phi) is 10.9. The summed E-state index contributed by atoms with van der Waals surface area (Å²) in [5.74, 6) is -0.568. The molecular formula is C43H34O11. The molecule has 6 aromatic carbocycles. The highest BCUT2D eigenvalue weighted by atomic mass is 17.2. The van der Waals surface area contributed by atoms with E-state index >= 15 is 0 Å². The van der Waals surface area contributed by atoms with Crippen LogP contribution in [0.15, 0.2) is 140 Å². The van der Waals surface area contributed by atoms with Crippen molar-refractivity contribution < 1.29 is 53.7 Å². The maximum atomic E-state index is 12.6. The Morgan fingerprint density at radius 2 is 1.00 bits per heavy atom. The molecule has 0 heterocycles. The van der Waals surface area contributed by atoms with E-state index in [9.17, 15) is 29.7 Å². The van der Waals surface area contributed by atoms with Gasteiger partial charge in [0, 0.05) is 5.41 Å². The van der Waals surface area contributed by atoms with Crippen molar-refractivity contribution in [2.75, 3.05) is 0 Å². The van der Waals surface area contributed by atoms with Gasteiger partial charge in [-0.25, -0.2) is 14.4 Å². The largest absolute Gasteiger partial charge is 0.508 e. The second-order valence-electron chi connectivity index (χ2n) is 12.6. The number of aromatic hydroxyl groups is 1. The standard InChI is InChI=1S/C43H34O11/c1-43(2,29-9-14-32(15-10-29)52-34-20-22-36(23-21-34)54-50-26-27-5-3-4-6-37(27)40(45)46)28-7-12-31(13-8-28)51-33-16-18-35(19-17-33)53-42(49)39-25-30(44)11-24-38(39)41(47)48/h3-25,44H,26H2,1-2H3,(H,45,46)(H,47,48). The third-order valence-corrected chi connectivity index (χ3v) is 8.55. The van der Waals surface area contributed by atoms with Gasteiger partial charge in [-0.15, -0.1) is 0 Å². The first-order chi connectivity index (χ1) is 26.0. The molecule has 0 atom stereocenters. The van der Waals surface area contributed by atoms with Crippen molar-refractivity contribution in [1.82, 2.24) is 0 Å². The molecule has 11 heteroatoms. The molecule has 0 bridgehead atoms. The van der Waals surface area contributed by atoms with Gasteiger partial charge in [-0.2, -0.15) is 4.89 Å². The average Bonchev–Trinajstić information content (AvgIpc) is 3.16. The first-order valence-electron chi connectivity index (χ1n) is 16.6. The molecular weight excluding hydrogens is 692 g/mol.